The van der Waals surface area contributed by atoms with Crippen LogP contribution in [0, 0.1) is 13.8 Å². The minimum Gasteiger partial charge on any atom is -0.351 e. The molecule has 0 bridgehead atoms. The smallest absolute Gasteiger partial charge is 0.252 e. The Labute approximate surface area is 171 Å². The maximum Gasteiger partial charge on any atom is 0.252 e. The van der Waals surface area contributed by atoms with Gasteiger partial charge in [-0.3, -0.25) is 9.69 Å². The standard InChI is InChI=1S/C20H27N3O3S2/c1-15-4-7-18(8-5-15)14-21-20(24)17(3)22-10-12-23(13-11-22)28(25,26)19-9-6-16(2)27-19/h4-9,17H,10-14H2,1-3H3,(H,21,24). The molecule has 0 saturated carbocycles. The van der Waals surface area contributed by atoms with E-state index in [2.05, 4.69) is 5.32 Å². The molecule has 152 valence electrons. The van der Waals surface area contributed by atoms with E-state index >= 15 is 0 Å². The van der Waals surface area contributed by atoms with E-state index in [1.54, 1.807) is 6.07 Å². The summed E-state index contributed by atoms with van der Waals surface area (Å²) in [6.07, 6.45) is 0. The SMILES string of the molecule is Cc1ccc(CNC(=O)C(C)N2CCN(S(=O)(=O)c3ccc(C)s3)CC2)cc1. The van der Waals surface area contributed by atoms with Crippen LogP contribution in [0.4, 0.5) is 0 Å². The summed E-state index contributed by atoms with van der Waals surface area (Å²) in [5.74, 6) is -0.0363. The van der Waals surface area contributed by atoms with Crippen LogP contribution in [0.2, 0.25) is 0 Å². The second-order valence-corrected chi connectivity index (χ2v) is 10.6. The molecule has 8 heteroatoms. The third kappa shape index (κ3) is 4.81. The average molecular weight is 422 g/mol. The molecular weight excluding hydrogens is 394 g/mol. The molecule has 1 atom stereocenters. The molecule has 0 aliphatic carbocycles. The Balaban J connectivity index is 1.52. The lowest BCUT2D eigenvalue weighted by molar-refractivity contribution is -0.126. The Hall–Kier alpha value is -1.74. The number of carbonyl (C=O) groups excluding carboxylic acids is 1. The van der Waals surface area contributed by atoms with Crippen LogP contribution in [0.3, 0.4) is 0 Å². The Morgan fingerprint density at radius 3 is 2.29 bits per heavy atom. The molecule has 1 aliphatic heterocycles. The van der Waals surface area contributed by atoms with E-state index in [0.717, 1.165) is 10.4 Å². The van der Waals surface area contributed by atoms with Crippen LogP contribution < -0.4 is 5.32 Å². The minimum atomic E-state index is -3.44. The van der Waals surface area contributed by atoms with Crippen molar-refractivity contribution in [2.24, 2.45) is 0 Å². The first kappa shape index (κ1) is 21.0. The number of aryl methyl sites for hydroxylation is 2. The van der Waals surface area contributed by atoms with E-state index < -0.39 is 10.0 Å². The van der Waals surface area contributed by atoms with Gasteiger partial charge in [0.1, 0.15) is 4.21 Å². The lowest BCUT2D eigenvalue weighted by Gasteiger charge is -2.36. The highest BCUT2D eigenvalue weighted by molar-refractivity contribution is 7.91. The van der Waals surface area contributed by atoms with E-state index in [4.69, 9.17) is 0 Å². The van der Waals surface area contributed by atoms with Gasteiger partial charge in [-0.2, -0.15) is 4.31 Å². The van der Waals surface area contributed by atoms with Crippen LogP contribution in [0.5, 0.6) is 0 Å². The second kappa shape index (κ2) is 8.73. The number of thiophene rings is 1. The molecule has 1 amide bonds. The van der Waals surface area contributed by atoms with E-state index in [-0.39, 0.29) is 11.9 Å². The fourth-order valence-electron chi connectivity index (χ4n) is 3.22. The number of rotatable bonds is 6. The van der Waals surface area contributed by atoms with Gasteiger partial charge in [0, 0.05) is 37.6 Å². The molecule has 1 unspecified atom stereocenters. The maximum absolute atomic E-state index is 12.7. The summed E-state index contributed by atoms with van der Waals surface area (Å²) in [5, 5.41) is 2.97. The molecular formula is C20H27N3O3S2. The predicted octanol–water partition coefficient (Wildman–Crippen LogP) is 2.38. The van der Waals surface area contributed by atoms with Crippen molar-refractivity contribution < 1.29 is 13.2 Å². The number of amides is 1. The van der Waals surface area contributed by atoms with Gasteiger partial charge in [-0.1, -0.05) is 29.8 Å². The van der Waals surface area contributed by atoms with Gasteiger partial charge in [0.2, 0.25) is 5.91 Å². The van der Waals surface area contributed by atoms with Crippen LogP contribution in [0.1, 0.15) is 22.9 Å². The van der Waals surface area contributed by atoms with Gasteiger partial charge >= 0.3 is 0 Å². The Morgan fingerprint density at radius 1 is 1.07 bits per heavy atom. The Kier molecular flexibility index (Phi) is 6.54. The molecule has 0 radical (unpaired) electrons. The molecule has 6 nitrogen and oxygen atoms in total. The van der Waals surface area contributed by atoms with Crippen molar-refractivity contribution in [3.05, 3.63) is 52.4 Å². The fraction of sp³-hybridized carbons (Fsp3) is 0.450. The lowest BCUT2D eigenvalue weighted by Crippen LogP contribution is -2.54. The maximum atomic E-state index is 12.7. The number of hydrogen-bond donors (Lipinski definition) is 1. The third-order valence-corrected chi connectivity index (χ3v) is 8.46. The summed E-state index contributed by atoms with van der Waals surface area (Å²) in [4.78, 5) is 15.5. The van der Waals surface area contributed by atoms with Crippen LogP contribution in [0.25, 0.3) is 0 Å². The van der Waals surface area contributed by atoms with Crippen molar-refractivity contribution in [2.75, 3.05) is 26.2 Å². The molecule has 1 aromatic heterocycles. The summed E-state index contributed by atoms with van der Waals surface area (Å²) in [6.45, 7) is 8.18. The summed E-state index contributed by atoms with van der Waals surface area (Å²) >= 11 is 1.30. The first-order valence-electron chi connectivity index (χ1n) is 9.41. The van der Waals surface area contributed by atoms with Gasteiger partial charge in [-0.25, -0.2) is 8.42 Å². The monoisotopic (exact) mass is 421 g/mol. The number of sulfonamides is 1. The average Bonchev–Trinajstić information content (AvgIpc) is 3.14. The lowest BCUT2D eigenvalue weighted by atomic mass is 10.1. The number of piperazine rings is 1. The third-order valence-electron chi connectivity index (χ3n) is 5.10. The van der Waals surface area contributed by atoms with Crippen LogP contribution in [0.15, 0.2) is 40.6 Å². The predicted molar refractivity (Wildman–Crippen MR) is 112 cm³/mol. The van der Waals surface area contributed by atoms with Crippen molar-refractivity contribution in [1.29, 1.82) is 0 Å². The number of benzene rings is 1. The van der Waals surface area contributed by atoms with Crippen molar-refractivity contribution in [3.63, 3.8) is 0 Å². The molecule has 2 heterocycles. The molecule has 0 spiro atoms. The summed E-state index contributed by atoms with van der Waals surface area (Å²) < 4.78 is 27.4. The van der Waals surface area contributed by atoms with Crippen LogP contribution >= 0.6 is 11.3 Å². The Morgan fingerprint density at radius 2 is 1.71 bits per heavy atom. The number of hydrogen-bond acceptors (Lipinski definition) is 5. The number of nitrogens with zero attached hydrogens (tertiary/aromatic N) is 2. The van der Waals surface area contributed by atoms with Crippen LogP contribution in [-0.2, 0) is 21.4 Å². The first-order valence-corrected chi connectivity index (χ1v) is 11.7. The highest BCUT2D eigenvalue weighted by atomic mass is 32.2. The van der Waals surface area contributed by atoms with E-state index in [1.165, 1.54) is 21.2 Å². The van der Waals surface area contributed by atoms with E-state index in [1.807, 2.05) is 56.0 Å². The second-order valence-electron chi connectivity index (χ2n) is 7.18. The van der Waals surface area contributed by atoms with Gasteiger partial charge in [0.05, 0.1) is 6.04 Å². The summed E-state index contributed by atoms with van der Waals surface area (Å²) in [7, 11) is -3.44. The van der Waals surface area contributed by atoms with Crippen LogP contribution in [-0.4, -0.2) is 55.8 Å². The van der Waals surface area contributed by atoms with Gasteiger partial charge in [-0.05, 0) is 38.5 Å². The van der Waals surface area contributed by atoms with Gasteiger partial charge in [-0.15, -0.1) is 11.3 Å². The normalized spacial score (nSPS) is 17.4. The van der Waals surface area contributed by atoms with E-state index in [9.17, 15) is 13.2 Å². The van der Waals surface area contributed by atoms with Crippen molar-refractivity contribution in [2.45, 2.75) is 37.6 Å². The Bertz CT molecular complexity index is 914. The molecule has 1 fully saturated rings. The zero-order valence-electron chi connectivity index (χ0n) is 16.5. The number of nitrogens with one attached hydrogen (secondary N) is 1. The highest BCUT2D eigenvalue weighted by Crippen LogP contribution is 2.25. The highest BCUT2D eigenvalue weighted by Gasteiger charge is 2.32. The topological polar surface area (TPSA) is 69.7 Å². The van der Waals surface area contributed by atoms with E-state index in [0.29, 0.717) is 36.9 Å². The van der Waals surface area contributed by atoms with Crippen molar-refractivity contribution in [3.8, 4) is 0 Å². The summed E-state index contributed by atoms with van der Waals surface area (Å²) in [5.41, 5.74) is 2.25. The largest absolute Gasteiger partial charge is 0.351 e. The molecule has 1 saturated heterocycles. The zero-order valence-corrected chi connectivity index (χ0v) is 18.1. The van der Waals surface area contributed by atoms with Crippen molar-refractivity contribution in [1.82, 2.24) is 14.5 Å². The zero-order chi connectivity index (χ0) is 20.3. The van der Waals surface area contributed by atoms with Gasteiger partial charge in [0.25, 0.3) is 10.0 Å². The summed E-state index contributed by atoms with van der Waals surface area (Å²) in [6, 6.07) is 11.3. The fourth-order valence-corrected chi connectivity index (χ4v) is 6.08. The minimum absolute atomic E-state index is 0.0363. The quantitative estimate of drug-likeness (QED) is 0.778. The van der Waals surface area contributed by atoms with Gasteiger partial charge in [0.15, 0.2) is 0 Å². The van der Waals surface area contributed by atoms with Crippen molar-refractivity contribution >= 4 is 27.3 Å². The molecule has 1 N–H and O–H groups in total. The van der Waals surface area contributed by atoms with Gasteiger partial charge < -0.3 is 5.32 Å². The number of carbonyl (C=O) groups is 1. The molecule has 3 rings (SSSR count). The molecule has 1 aromatic carbocycles. The molecule has 28 heavy (non-hydrogen) atoms. The first-order chi connectivity index (χ1) is 13.3. The molecule has 1 aliphatic rings. The molecule has 2 aromatic rings.